The maximum Gasteiger partial charge on any atom is 0.0162 e. The van der Waals surface area contributed by atoms with E-state index in [4.69, 9.17) is 0 Å². The van der Waals surface area contributed by atoms with Gasteiger partial charge in [-0.05, 0) is 19.8 Å². The molecule has 1 rings (SSSR count). The molecule has 62 valence electrons. The van der Waals surface area contributed by atoms with E-state index < -0.39 is 0 Å². The fourth-order valence-corrected chi connectivity index (χ4v) is 1.48. The van der Waals surface area contributed by atoms with E-state index in [1.54, 1.807) is 0 Å². The lowest BCUT2D eigenvalue weighted by Crippen LogP contribution is -2.31. The summed E-state index contributed by atoms with van der Waals surface area (Å²) in [5.74, 6) is 0. The molecule has 0 amide bonds. The Morgan fingerprint density at radius 3 is 2.64 bits per heavy atom. The molecule has 0 aliphatic carbocycles. The van der Waals surface area contributed by atoms with E-state index in [1.807, 2.05) is 0 Å². The van der Waals surface area contributed by atoms with Gasteiger partial charge in [-0.2, -0.15) is 0 Å². The molecule has 0 radical (unpaired) electrons. The molecular weight excluding hydrogens is 134 g/mol. The van der Waals surface area contributed by atoms with Crippen molar-refractivity contribution >= 4 is 0 Å². The van der Waals surface area contributed by atoms with E-state index in [9.17, 15) is 0 Å². The van der Waals surface area contributed by atoms with Crippen molar-refractivity contribution in [1.82, 2.24) is 5.32 Å². The van der Waals surface area contributed by atoms with Crippen molar-refractivity contribution in [1.29, 1.82) is 0 Å². The first kappa shape index (κ1) is 8.38. The first-order chi connectivity index (χ1) is 5.06. The Morgan fingerprint density at radius 2 is 2.18 bits per heavy atom. The highest BCUT2D eigenvalue weighted by Crippen LogP contribution is 2.35. The zero-order chi connectivity index (χ0) is 8.48. The summed E-state index contributed by atoms with van der Waals surface area (Å²) in [7, 11) is 0. The molecule has 0 aromatic heterocycles. The molecule has 1 heteroatoms. The van der Waals surface area contributed by atoms with E-state index in [0.717, 1.165) is 12.1 Å². The first-order valence-electron chi connectivity index (χ1n) is 4.18. The zero-order valence-corrected chi connectivity index (χ0v) is 7.70. The molecule has 0 bridgehead atoms. The molecule has 1 heterocycles. The van der Waals surface area contributed by atoms with Gasteiger partial charge in [0.25, 0.3) is 0 Å². The van der Waals surface area contributed by atoms with Crippen molar-refractivity contribution in [2.24, 2.45) is 5.41 Å². The highest BCUT2D eigenvalue weighted by atomic mass is 14.9. The summed E-state index contributed by atoms with van der Waals surface area (Å²) < 4.78 is 0. The summed E-state index contributed by atoms with van der Waals surface area (Å²) in [6.45, 7) is 10.5. The van der Waals surface area contributed by atoms with Crippen molar-refractivity contribution in [3.05, 3.63) is 24.0 Å². The maximum atomic E-state index is 3.93. The van der Waals surface area contributed by atoms with Crippen LogP contribution in [0, 0.1) is 5.41 Å². The Kier molecular flexibility index (Phi) is 2.08. The predicted octanol–water partition coefficient (Wildman–Crippen LogP) is 2.81. The molecule has 0 aromatic carbocycles. The fourth-order valence-electron chi connectivity index (χ4n) is 1.48. The van der Waals surface area contributed by atoms with Gasteiger partial charge in [-0.3, -0.25) is 0 Å². The Bertz CT molecular complexity index is 199. The van der Waals surface area contributed by atoms with Gasteiger partial charge in [0.05, 0.1) is 0 Å². The van der Waals surface area contributed by atoms with Crippen LogP contribution in [-0.2, 0) is 0 Å². The van der Waals surface area contributed by atoms with Gasteiger partial charge in [-0.1, -0.05) is 26.5 Å². The smallest absolute Gasteiger partial charge is 0.0162 e. The zero-order valence-electron chi connectivity index (χ0n) is 7.70. The monoisotopic (exact) mass is 151 g/mol. The second-order valence-electron chi connectivity index (χ2n) is 3.81. The highest BCUT2D eigenvalue weighted by Gasteiger charge is 2.26. The van der Waals surface area contributed by atoms with Crippen molar-refractivity contribution in [3.63, 3.8) is 0 Å². The fraction of sp³-hybridized carbons (Fsp3) is 0.600. The third-order valence-electron chi connectivity index (χ3n) is 2.38. The Labute approximate surface area is 69.2 Å². The van der Waals surface area contributed by atoms with Gasteiger partial charge in [-0.25, -0.2) is 0 Å². The lowest BCUT2D eigenvalue weighted by atomic mass is 9.80. The van der Waals surface area contributed by atoms with E-state index in [1.165, 1.54) is 12.1 Å². The predicted molar refractivity (Wildman–Crippen MR) is 49.0 cm³/mol. The average molecular weight is 151 g/mol. The number of rotatable bonds is 0. The second kappa shape index (κ2) is 2.72. The second-order valence-corrected chi connectivity index (χ2v) is 3.81. The normalized spacial score (nSPS) is 26.8. The van der Waals surface area contributed by atoms with Crippen LogP contribution < -0.4 is 5.32 Å². The van der Waals surface area contributed by atoms with Gasteiger partial charge in [-0.15, -0.1) is 0 Å². The lowest BCUT2D eigenvalue weighted by Gasteiger charge is -2.34. The number of piperidine rings is 1. The number of hydrogen-bond donors (Lipinski definition) is 1. The molecule has 1 nitrogen and oxygen atoms in total. The highest BCUT2D eigenvalue weighted by molar-refractivity contribution is 5.19. The Hall–Kier alpha value is -0.720. The molecule has 1 aliphatic heterocycles. The molecule has 0 aromatic rings. The van der Waals surface area contributed by atoms with Gasteiger partial charge in [0.1, 0.15) is 0 Å². The van der Waals surface area contributed by atoms with Crippen LogP contribution in [0.4, 0.5) is 0 Å². The summed E-state index contributed by atoms with van der Waals surface area (Å²) in [5, 5.41) is 3.32. The van der Waals surface area contributed by atoms with Gasteiger partial charge < -0.3 is 5.32 Å². The van der Waals surface area contributed by atoms with Crippen LogP contribution in [0.5, 0.6) is 0 Å². The first-order valence-corrected chi connectivity index (χ1v) is 4.18. The SMILES string of the molecule is C=C1CCC(C)(C)/C(=C\C)N1. The van der Waals surface area contributed by atoms with Crippen molar-refractivity contribution < 1.29 is 0 Å². The minimum atomic E-state index is 0.315. The minimum Gasteiger partial charge on any atom is -0.363 e. The lowest BCUT2D eigenvalue weighted by molar-refractivity contribution is 0.354. The standard InChI is InChI=1S/C10H17N/c1-5-9-10(3,4)7-6-8(2)11-9/h5,11H,2,6-7H2,1,3-4H3/b9-5+. The van der Waals surface area contributed by atoms with Gasteiger partial charge in [0, 0.05) is 16.8 Å². The molecule has 1 N–H and O–H groups in total. The molecule has 0 atom stereocenters. The van der Waals surface area contributed by atoms with Gasteiger partial charge in [0.2, 0.25) is 0 Å². The van der Waals surface area contributed by atoms with Crippen LogP contribution in [0.3, 0.4) is 0 Å². The van der Waals surface area contributed by atoms with Crippen LogP contribution in [0.1, 0.15) is 33.6 Å². The molecular formula is C10H17N. The number of nitrogens with one attached hydrogen (secondary N) is 1. The molecule has 11 heavy (non-hydrogen) atoms. The quantitative estimate of drug-likeness (QED) is 0.561. The average Bonchev–Trinajstić information content (AvgIpc) is 1.94. The topological polar surface area (TPSA) is 12.0 Å². The van der Waals surface area contributed by atoms with Crippen LogP contribution in [-0.4, -0.2) is 0 Å². The van der Waals surface area contributed by atoms with Crippen molar-refractivity contribution in [2.75, 3.05) is 0 Å². The Balaban J connectivity index is 2.80. The number of hydrogen-bond acceptors (Lipinski definition) is 1. The van der Waals surface area contributed by atoms with Crippen molar-refractivity contribution in [3.8, 4) is 0 Å². The largest absolute Gasteiger partial charge is 0.363 e. The summed E-state index contributed by atoms with van der Waals surface area (Å²) in [6.07, 6.45) is 4.45. The van der Waals surface area contributed by atoms with Crippen LogP contribution in [0.15, 0.2) is 24.0 Å². The van der Waals surface area contributed by atoms with E-state index in [2.05, 4.69) is 38.7 Å². The summed E-state index contributed by atoms with van der Waals surface area (Å²) in [6, 6.07) is 0. The molecule has 1 fully saturated rings. The van der Waals surface area contributed by atoms with Crippen LogP contribution in [0.2, 0.25) is 0 Å². The summed E-state index contributed by atoms with van der Waals surface area (Å²) in [5.41, 5.74) is 2.78. The molecule has 0 saturated carbocycles. The number of allylic oxidation sites excluding steroid dienone is 3. The van der Waals surface area contributed by atoms with E-state index in [-0.39, 0.29) is 0 Å². The van der Waals surface area contributed by atoms with Crippen molar-refractivity contribution in [2.45, 2.75) is 33.6 Å². The summed E-state index contributed by atoms with van der Waals surface area (Å²) in [4.78, 5) is 0. The third kappa shape index (κ3) is 1.65. The van der Waals surface area contributed by atoms with E-state index in [0.29, 0.717) is 5.41 Å². The van der Waals surface area contributed by atoms with Gasteiger partial charge in [0.15, 0.2) is 0 Å². The molecule has 0 unspecified atom stereocenters. The summed E-state index contributed by atoms with van der Waals surface area (Å²) >= 11 is 0. The maximum absolute atomic E-state index is 3.93. The third-order valence-corrected chi connectivity index (χ3v) is 2.38. The molecule has 1 aliphatic rings. The van der Waals surface area contributed by atoms with E-state index >= 15 is 0 Å². The molecule has 1 saturated heterocycles. The van der Waals surface area contributed by atoms with Crippen LogP contribution in [0.25, 0.3) is 0 Å². The van der Waals surface area contributed by atoms with Gasteiger partial charge >= 0.3 is 0 Å². The molecule has 0 spiro atoms. The van der Waals surface area contributed by atoms with Crippen LogP contribution >= 0.6 is 0 Å². The Morgan fingerprint density at radius 1 is 1.55 bits per heavy atom. The minimum absolute atomic E-state index is 0.315.